The zero-order chi connectivity index (χ0) is 20.5. The third-order valence-electron chi connectivity index (χ3n) is 4.40. The molecule has 1 amide bonds. The maximum atomic E-state index is 14.2. The van der Waals surface area contributed by atoms with Crippen LogP contribution in [0.1, 0.15) is 11.4 Å². The van der Waals surface area contributed by atoms with E-state index in [-0.39, 0.29) is 21.6 Å². The molecular weight excluding hydrogens is 413 g/mol. The Hall–Kier alpha value is -3.04. The molecule has 1 aliphatic rings. The van der Waals surface area contributed by atoms with Crippen LogP contribution in [0.3, 0.4) is 0 Å². The number of aromatic nitrogens is 2. The van der Waals surface area contributed by atoms with Gasteiger partial charge in [0.1, 0.15) is 22.5 Å². The van der Waals surface area contributed by atoms with Crippen LogP contribution in [0.5, 0.6) is 0 Å². The summed E-state index contributed by atoms with van der Waals surface area (Å²) in [4.78, 5) is 29.5. The Morgan fingerprint density at radius 3 is 2.69 bits per heavy atom. The van der Waals surface area contributed by atoms with E-state index in [0.717, 1.165) is 22.2 Å². The lowest BCUT2D eigenvalue weighted by Crippen LogP contribution is -2.33. The van der Waals surface area contributed by atoms with Crippen LogP contribution in [0.2, 0.25) is 0 Å². The van der Waals surface area contributed by atoms with Gasteiger partial charge in [0, 0.05) is 11.6 Å². The second kappa shape index (κ2) is 7.76. The Balaban J connectivity index is 1.77. The molecule has 1 aromatic heterocycles. The van der Waals surface area contributed by atoms with Crippen LogP contribution >= 0.6 is 24.0 Å². The minimum Gasteiger partial charge on any atom is -0.480 e. The second-order valence-corrected chi connectivity index (χ2v) is 7.97. The lowest BCUT2D eigenvalue weighted by molar-refractivity contribution is -0.140. The van der Waals surface area contributed by atoms with E-state index in [1.54, 1.807) is 24.3 Å². The number of hydrogen-bond donors (Lipinski definition) is 1. The molecule has 0 unspecified atom stereocenters. The van der Waals surface area contributed by atoms with E-state index >= 15 is 0 Å². The first-order chi connectivity index (χ1) is 13.9. The molecule has 9 heteroatoms. The van der Waals surface area contributed by atoms with Crippen LogP contribution in [-0.2, 0) is 16.1 Å². The topological polar surface area (TPSA) is 75.4 Å². The quantitative estimate of drug-likeness (QED) is 0.496. The number of fused-ring (bicyclic) bond motifs is 1. The smallest absolute Gasteiger partial charge is 0.323 e. The zero-order valence-corrected chi connectivity index (χ0v) is 16.5. The summed E-state index contributed by atoms with van der Waals surface area (Å²) in [5, 5.41) is 8.98. The van der Waals surface area contributed by atoms with Gasteiger partial charge in [-0.1, -0.05) is 54.3 Å². The van der Waals surface area contributed by atoms with Gasteiger partial charge in [-0.2, -0.15) is 0 Å². The molecule has 0 spiro atoms. The molecule has 0 aliphatic carbocycles. The first kappa shape index (κ1) is 19.3. The molecule has 29 heavy (non-hydrogen) atoms. The van der Waals surface area contributed by atoms with E-state index in [2.05, 4.69) is 4.98 Å². The lowest BCUT2D eigenvalue weighted by atomic mass is 10.2. The van der Waals surface area contributed by atoms with Crippen molar-refractivity contribution in [3.8, 4) is 0 Å². The van der Waals surface area contributed by atoms with Gasteiger partial charge in [-0.3, -0.25) is 14.5 Å². The van der Waals surface area contributed by atoms with Crippen LogP contribution in [0.4, 0.5) is 4.39 Å². The molecule has 1 N–H and O–H groups in total. The number of para-hydroxylation sites is 2. The van der Waals surface area contributed by atoms with Crippen LogP contribution in [0, 0.1) is 5.82 Å². The maximum Gasteiger partial charge on any atom is 0.323 e. The summed E-state index contributed by atoms with van der Waals surface area (Å²) >= 11 is 6.16. The summed E-state index contributed by atoms with van der Waals surface area (Å²) in [6, 6.07) is 13.9. The monoisotopic (exact) mass is 427 g/mol. The third kappa shape index (κ3) is 3.79. The van der Waals surface area contributed by atoms with Crippen molar-refractivity contribution in [2.24, 2.45) is 0 Å². The van der Waals surface area contributed by atoms with Crippen molar-refractivity contribution in [3.05, 3.63) is 70.6 Å². The molecular formula is C20H14FN3O3S2. The summed E-state index contributed by atoms with van der Waals surface area (Å²) < 4.78 is 16.2. The van der Waals surface area contributed by atoms with E-state index in [0.29, 0.717) is 16.9 Å². The summed E-state index contributed by atoms with van der Waals surface area (Å²) in [5.74, 6) is -1.49. The highest BCUT2D eigenvalue weighted by atomic mass is 32.2. The Morgan fingerprint density at radius 2 is 1.93 bits per heavy atom. The van der Waals surface area contributed by atoms with Crippen LogP contribution in [0.15, 0.2) is 53.4 Å². The van der Waals surface area contributed by atoms with Crippen LogP contribution in [-0.4, -0.2) is 42.3 Å². The van der Waals surface area contributed by atoms with Crippen molar-refractivity contribution in [2.45, 2.75) is 6.54 Å². The third-order valence-corrected chi connectivity index (χ3v) is 5.78. The standard InChI is InChI=1S/C20H14FN3O3S2/c21-13-6-2-1-5-12(13)10-23-15-8-4-3-7-14(15)22-17(23)9-16-19(27)24(11-18(25)26)20(28)29-16/h1-9H,10-11H2,(H,25,26)/b16-9-. The summed E-state index contributed by atoms with van der Waals surface area (Å²) in [6.07, 6.45) is 1.57. The Bertz CT molecular complexity index is 1190. The van der Waals surface area contributed by atoms with E-state index in [1.165, 1.54) is 6.07 Å². The fourth-order valence-electron chi connectivity index (χ4n) is 3.06. The number of benzene rings is 2. The molecule has 0 atom stereocenters. The molecule has 1 fully saturated rings. The first-order valence-electron chi connectivity index (χ1n) is 8.60. The predicted molar refractivity (Wildman–Crippen MR) is 113 cm³/mol. The summed E-state index contributed by atoms with van der Waals surface area (Å²) in [7, 11) is 0. The minimum atomic E-state index is -1.14. The molecule has 146 valence electrons. The Labute approximate surface area is 174 Å². The number of carboxylic acid groups (broad SMARTS) is 1. The van der Waals surface area contributed by atoms with Crippen molar-refractivity contribution in [1.82, 2.24) is 14.5 Å². The Morgan fingerprint density at radius 1 is 1.21 bits per heavy atom. The lowest BCUT2D eigenvalue weighted by Gasteiger charge is -2.10. The van der Waals surface area contributed by atoms with Gasteiger partial charge in [-0.25, -0.2) is 9.37 Å². The number of nitrogens with zero attached hydrogens (tertiary/aromatic N) is 3. The molecule has 1 saturated heterocycles. The van der Waals surface area contributed by atoms with Crippen molar-refractivity contribution in [1.29, 1.82) is 0 Å². The number of aliphatic carboxylic acids is 1. The van der Waals surface area contributed by atoms with Gasteiger partial charge < -0.3 is 9.67 Å². The number of carbonyl (C=O) groups is 2. The maximum absolute atomic E-state index is 14.2. The summed E-state index contributed by atoms with van der Waals surface area (Å²) in [5.41, 5.74) is 1.99. The predicted octanol–water partition coefficient (Wildman–Crippen LogP) is 3.51. The van der Waals surface area contributed by atoms with E-state index in [9.17, 15) is 14.0 Å². The number of hydrogen-bond acceptors (Lipinski definition) is 5. The number of imidazole rings is 1. The number of carboxylic acids is 1. The zero-order valence-electron chi connectivity index (χ0n) is 14.9. The van der Waals surface area contributed by atoms with Gasteiger partial charge in [0.25, 0.3) is 5.91 Å². The fraction of sp³-hybridized carbons (Fsp3) is 0.100. The van der Waals surface area contributed by atoms with E-state index in [1.807, 2.05) is 28.8 Å². The molecule has 2 heterocycles. The van der Waals surface area contributed by atoms with Crippen molar-refractivity contribution in [2.75, 3.05) is 6.54 Å². The SMILES string of the molecule is O=C(O)CN1C(=O)/C(=C/c2nc3ccccc3n2Cc2ccccc2F)SC1=S. The number of carbonyl (C=O) groups excluding carboxylic acids is 1. The van der Waals surface area contributed by atoms with Crippen LogP contribution in [0.25, 0.3) is 17.1 Å². The van der Waals surface area contributed by atoms with E-state index < -0.39 is 18.4 Å². The second-order valence-electron chi connectivity index (χ2n) is 6.30. The minimum absolute atomic E-state index is 0.181. The molecule has 0 radical (unpaired) electrons. The number of rotatable bonds is 5. The number of thiocarbonyl (C=S) groups is 1. The van der Waals surface area contributed by atoms with Crippen molar-refractivity contribution >= 4 is 57.3 Å². The van der Waals surface area contributed by atoms with Gasteiger partial charge in [0.2, 0.25) is 0 Å². The molecule has 1 aliphatic heterocycles. The average molecular weight is 427 g/mol. The summed E-state index contributed by atoms with van der Waals surface area (Å²) in [6.45, 7) is -0.262. The highest BCUT2D eigenvalue weighted by molar-refractivity contribution is 8.26. The fourth-order valence-corrected chi connectivity index (χ4v) is 4.28. The van der Waals surface area contributed by atoms with Gasteiger partial charge >= 0.3 is 5.97 Å². The molecule has 0 saturated carbocycles. The highest BCUT2D eigenvalue weighted by Crippen LogP contribution is 2.33. The molecule has 6 nitrogen and oxygen atoms in total. The molecule has 2 aromatic carbocycles. The van der Waals surface area contributed by atoms with Crippen LogP contribution < -0.4 is 0 Å². The Kier molecular flexibility index (Phi) is 5.16. The average Bonchev–Trinajstić information content (AvgIpc) is 3.16. The van der Waals surface area contributed by atoms with Gasteiger partial charge in [0.05, 0.1) is 22.5 Å². The number of halogens is 1. The molecule has 0 bridgehead atoms. The van der Waals surface area contributed by atoms with Crippen molar-refractivity contribution < 1.29 is 19.1 Å². The molecule has 3 aromatic rings. The van der Waals surface area contributed by atoms with Gasteiger partial charge in [-0.05, 0) is 18.2 Å². The molecule has 4 rings (SSSR count). The van der Waals surface area contributed by atoms with Gasteiger partial charge in [-0.15, -0.1) is 0 Å². The van der Waals surface area contributed by atoms with Crippen molar-refractivity contribution in [3.63, 3.8) is 0 Å². The number of amides is 1. The van der Waals surface area contributed by atoms with Gasteiger partial charge in [0.15, 0.2) is 0 Å². The van der Waals surface area contributed by atoms with E-state index in [4.69, 9.17) is 17.3 Å². The highest BCUT2D eigenvalue weighted by Gasteiger charge is 2.33. The largest absolute Gasteiger partial charge is 0.480 e. The normalized spacial score (nSPS) is 15.6. The number of thioether (sulfide) groups is 1. The first-order valence-corrected chi connectivity index (χ1v) is 9.82.